The van der Waals surface area contributed by atoms with Crippen molar-refractivity contribution in [3.05, 3.63) is 44.9 Å². The molecule has 1 aromatic carbocycles. The number of benzene rings is 1. The van der Waals surface area contributed by atoms with Gasteiger partial charge in [0.1, 0.15) is 9.90 Å². The third-order valence-electron chi connectivity index (χ3n) is 2.75. The minimum Gasteiger partial charge on any atom is -0.316 e. The molecular formula is C13H16ClN3O2S2. The van der Waals surface area contributed by atoms with Gasteiger partial charge in [-0.05, 0) is 31.7 Å². The summed E-state index contributed by atoms with van der Waals surface area (Å²) in [5.74, 6) is 0. The monoisotopic (exact) mass is 345 g/mol. The van der Waals surface area contributed by atoms with Crippen molar-refractivity contribution < 1.29 is 8.42 Å². The van der Waals surface area contributed by atoms with E-state index in [0.717, 1.165) is 15.4 Å². The van der Waals surface area contributed by atoms with Gasteiger partial charge in [0.25, 0.3) is 0 Å². The fourth-order valence-electron chi connectivity index (χ4n) is 1.79. The van der Waals surface area contributed by atoms with Crippen molar-refractivity contribution >= 4 is 33.0 Å². The minimum absolute atomic E-state index is 0.0881. The van der Waals surface area contributed by atoms with Gasteiger partial charge in [0.05, 0.1) is 11.6 Å². The molecule has 0 radical (unpaired) electrons. The van der Waals surface area contributed by atoms with Crippen molar-refractivity contribution in [2.24, 2.45) is 0 Å². The first-order valence-corrected chi connectivity index (χ1v) is 8.94. The molecule has 0 saturated carbocycles. The SMILES string of the molecule is CNCc1ccc(Cl)c(S(=O)(=O)NCc2ncc(C)s2)c1. The number of hydrogen-bond donors (Lipinski definition) is 2. The van der Waals surface area contributed by atoms with E-state index in [0.29, 0.717) is 6.54 Å². The number of hydrogen-bond acceptors (Lipinski definition) is 5. The molecule has 2 N–H and O–H groups in total. The molecule has 114 valence electrons. The molecule has 0 fully saturated rings. The molecule has 21 heavy (non-hydrogen) atoms. The van der Waals surface area contributed by atoms with E-state index in [-0.39, 0.29) is 16.5 Å². The predicted octanol–water partition coefficient (Wildman–Crippen LogP) is 2.30. The second-order valence-electron chi connectivity index (χ2n) is 4.48. The first-order chi connectivity index (χ1) is 9.92. The van der Waals surface area contributed by atoms with Crippen LogP contribution in [0.3, 0.4) is 0 Å². The Labute approximate surface area is 133 Å². The number of rotatable bonds is 6. The topological polar surface area (TPSA) is 71.1 Å². The molecule has 0 bridgehead atoms. The lowest BCUT2D eigenvalue weighted by molar-refractivity contribution is 0.581. The van der Waals surface area contributed by atoms with Gasteiger partial charge in [-0.2, -0.15) is 0 Å². The van der Waals surface area contributed by atoms with Crippen LogP contribution in [0.1, 0.15) is 15.4 Å². The maximum atomic E-state index is 12.4. The summed E-state index contributed by atoms with van der Waals surface area (Å²) in [5, 5.41) is 3.90. The molecule has 2 rings (SSSR count). The third-order valence-corrected chi connectivity index (χ3v) is 5.54. The van der Waals surface area contributed by atoms with Crippen LogP contribution >= 0.6 is 22.9 Å². The lowest BCUT2D eigenvalue weighted by Crippen LogP contribution is -2.23. The average molecular weight is 346 g/mol. The first kappa shape index (κ1) is 16.4. The molecule has 0 aliphatic carbocycles. The molecule has 1 aromatic heterocycles. The Hall–Kier alpha value is -0.990. The standard InChI is InChI=1S/C13H16ClN3O2S2/c1-9-6-16-13(20-9)8-17-21(18,19)12-5-10(7-15-2)3-4-11(12)14/h3-6,15,17H,7-8H2,1-2H3. The van der Waals surface area contributed by atoms with Crippen LogP contribution in [0.2, 0.25) is 5.02 Å². The predicted molar refractivity (Wildman–Crippen MR) is 85.1 cm³/mol. The molecule has 0 saturated heterocycles. The largest absolute Gasteiger partial charge is 0.316 e. The van der Waals surface area contributed by atoms with Crippen LogP contribution in [0.15, 0.2) is 29.3 Å². The summed E-state index contributed by atoms with van der Waals surface area (Å²) >= 11 is 7.47. The zero-order valence-corrected chi connectivity index (χ0v) is 14.1. The highest BCUT2D eigenvalue weighted by Gasteiger charge is 2.18. The fraction of sp³-hybridized carbons (Fsp3) is 0.308. The zero-order valence-electron chi connectivity index (χ0n) is 11.7. The average Bonchev–Trinajstić information content (AvgIpc) is 2.85. The van der Waals surface area contributed by atoms with Crippen LogP contribution in [0, 0.1) is 6.92 Å². The Balaban J connectivity index is 2.20. The van der Waals surface area contributed by atoms with E-state index in [9.17, 15) is 8.42 Å². The van der Waals surface area contributed by atoms with Gasteiger partial charge in [0.15, 0.2) is 0 Å². The Morgan fingerprint density at radius 3 is 2.71 bits per heavy atom. The van der Waals surface area contributed by atoms with E-state index in [1.54, 1.807) is 31.4 Å². The van der Waals surface area contributed by atoms with Crippen LogP contribution < -0.4 is 10.0 Å². The zero-order chi connectivity index (χ0) is 15.5. The van der Waals surface area contributed by atoms with E-state index in [4.69, 9.17) is 11.6 Å². The van der Waals surface area contributed by atoms with Crippen molar-refractivity contribution in [3.8, 4) is 0 Å². The fourth-order valence-corrected chi connectivity index (χ4v) is 4.14. The number of thiazole rings is 1. The smallest absolute Gasteiger partial charge is 0.242 e. The first-order valence-electron chi connectivity index (χ1n) is 6.26. The van der Waals surface area contributed by atoms with E-state index in [2.05, 4.69) is 15.0 Å². The summed E-state index contributed by atoms with van der Waals surface area (Å²) in [7, 11) is -1.87. The normalized spacial score (nSPS) is 11.8. The molecule has 0 unspecified atom stereocenters. The molecule has 8 heteroatoms. The van der Waals surface area contributed by atoms with E-state index < -0.39 is 10.0 Å². The Morgan fingerprint density at radius 1 is 1.33 bits per heavy atom. The number of aryl methyl sites for hydroxylation is 1. The Bertz CT molecular complexity index is 729. The van der Waals surface area contributed by atoms with Crippen molar-refractivity contribution in [1.82, 2.24) is 15.0 Å². The Kier molecular flexibility index (Phi) is 5.34. The number of nitrogens with one attached hydrogen (secondary N) is 2. The summed E-state index contributed by atoms with van der Waals surface area (Å²) in [5.41, 5.74) is 0.854. The molecule has 2 aromatic rings. The van der Waals surface area contributed by atoms with Gasteiger partial charge in [-0.15, -0.1) is 11.3 Å². The second-order valence-corrected chi connectivity index (χ2v) is 7.95. The van der Waals surface area contributed by atoms with Crippen LogP contribution in [0.5, 0.6) is 0 Å². The molecule has 0 atom stereocenters. The Morgan fingerprint density at radius 2 is 2.10 bits per heavy atom. The van der Waals surface area contributed by atoms with Crippen LogP contribution in [-0.2, 0) is 23.1 Å². The van der Waals surface area contributed by atoms with Gasteiger partial charge in [-0.25, -0.2) is 18.1 Å². The summed E-state index contributed by atoms with van der Waals surface area (Å²) in [4.78, 5) is 5.26. The minimum atomic E-state index is -3.66. The van der Waals surface area contributed by atoms with Gasteiger partial charge >= 0.3 is 0 Å². The number of aromatic nitrogens is 1. The maximum absolute atomic E-state index is 12.4. The molecule has 0 spiro atoms. The van der Waals surface area contributed by atoms with Crippen LogP contribution in [0.4, 0.5) is 0 Å². The van der Waals surface area contributed by atoms with Crippen molar-refractivity contribution in [2.75, 3.05) is 7.05 Å². The van der Waals surface area contributed by atoms with Gasteiger partial charge < -0.3 is 5.32 Å². The highest BCUT2D eigenvalue weighted by atomic mass is 35.5. The van der Waals surface area contributed by atoms with Crippen molar-refractivity contribution in [2.45, 2.75) is 24.9 Å². The van der Waals surface area contributed by atoms with E-state index >= 15 is 0 Å². The molecule has 0 amide bonds. The quantitative estimate of drug-likeness (QED) is 0.842. The van der Waals surface area contributed by atoms with E-state index in [1.165, 1.54) is 11.3 Å². The summed E-state index contributed by atoms with van der Waals surface area (Å²) in [6.45, 7) is 2.66. The highest BCUT2D eigenvalue weighted by Crippen LogP contribution is 2.23. The van der Waals surface area contributed by atoms with Crippen molar-refractivity contribution in [1.29, 1.82) is 0 Å². The summed E-state index contributed by atoms with van der Waals surface area (Å²) in [6, 6.07) is 4.96. The molecule has 0 aliphatic heterocycles. The summed E-state index contributed by atoms with van der Waals surface area (Å²) in [6.07, 6.45) is 1.72. The third kappa shape index (κ3) is 4.24. The van der Waals surface area contributed by atoms with E-state index in [1.807, 2.05) is 6.92 Å². The van der Waals surface area contributed by atoms with Crippen LogP contribution in [0.25, 0.3) is 0 Å². The highest BCUT2D eigenvalue weighted by molar-refractivity contribution is 7.89. The molecular weight excluding hydrogens is 330 g/mol. The second kappa shape index (κ2) is 6.85. The van der Waals surface area contributed by atoms with Crippen LogP contribution in [-0.4, -0.2) is 20.4 Å². The lowest BCUT2D eigenvalue weighted by atomic mass is 10.2. The van der Waals surface area contributed by atoms with Gasteiger partial charge in [-0.1, -0.05) is 17.7 Å². The number of halogens is 1. The molecule has 5 nitrogen and oxygen atoms in total. The van der Waals surface area contributed by atoms with Gasteiger partial charge in [-0.3, -0.25) is 0 Å². The lowest BCUT2D eigenvalue weighted by Gasteiger charge is -2.09. The number of nitrogens with zero attached hydrogens (tertiary/aromatic N) is 1. The number of sulfonamides is 1. The summed E-state index contributed by atoms with van der Waals surface area (Å²) < 4.78 is 27.2. The molecule has 1 heterocycles. The van der Waals surface area contributed by atoms with Gasteiger partial charge in [0.2, 0.25) is 10.0 Å². The maximum Gasteiger partial charge on any atom is 0.242 e. The molecule has 0 aliphatic rings. The van der Waals surface area contributed by atoms with Gasteiger partial charge in [0, 0.05) is 17.6 Å². The van der Waals surface area contributed by atoms with Crippen molar-refractivity contribution in [3.63, 3.8) is 0 Å².